The van der Waals surface area contributed by atoms with Gasteiger partial charge in [-0.25, -0.2) is 0 Å². The smallest absolute Gasteiger partial charge is 0.251 e. The number of nitrogens with zero attached hydrogens (tertiary/aromatic N) is 4. The van der Waals surface area contributed by atoms with Gasteiger partial charge in [0, 0.05) is 55.0 Å². The van der Waals surface area contributed by atoms with Crippen molar-refractivity contribution in [3.8, 4) is 22.8 Å². The van der Waals surface area contributed by atoms with Gasteiger partial charge in [-0.05, 0) is 68.2 Å². The third kappa shape index (κ3) is 5.20. The number of nitrogens with one attached hydrogen (secondary N) is 1. The number of aromatic nitrogens is 3. The molecule has 2 aromatic heterocycles. The van der Waals surface area contributed by atoms with Crippen molar-refractivity contribution in [3.63, 3.8) is 0 Å². The molecule has 0 saturated carbocycles. The minimum absolute atomic E-state index is 0.0109. The van der Waals surface area contributed by atoms with Crippen molar-refractivity contribution < 1.29 is 9.53 Å². The van der Waals surface area contributed by atoms with E-state index in [1.165, 1.54) is 12.8 Å². The SMILES string of the molecule is CCc1cc(-c2cc(Oc3ccc4cnn(C)c4c3)ccn2)ccc1C(=O)NCCN1CCCC1. The van der Waals surface area contributed by atoms with Crippen LogP contribution in [-0.2, 0) is 13.5 Å². The fourth-order valence-corrected chi connectivity index (χ4v) is 4.65. The van der Waals surface area contributed by atoms with Crippen molar-refractivity contribution in [1.82, 2.24) is 25.0 Å². The molecule has 0 atom stereocenters. The van der Waals surface area contributed by atoms with E-state index in [1.807, 2.05) is 60.4 Å². The monoisotopic (exact) mass is 469 g/mol. The first-order valence-corrected chi connectivity index (χ1v) is 12.3. The topological polar surface area (TPSA) is 72.3 Å². The van der Waals surface area contributed by atoms with E-state index in [0.717, 1.165) is 65.1 Å². The lowest BCUT2D eigenvalue weighted by molar-refractivity contribution is 0.0949. The van der Waals surface area contributed by atoms with Crippen LogP contribution in [0.1, 0.15) is 35.7 Å². The minimum Gasteiger partial charge on any atom is -0.457 e. The van der Waals surface area contributed by atoms with E-state index in [9.17, 15) is 4.79 Å². The highest BCUT2D eigenvalue weighted by atomic mass is 16.5. The van der Waals surface area contributed by atoms with Crippen LogP contribution in [0.15, 0.2) is 60.9 Å². The normalized spacial score (nSPS) is 13.9. The first-order valence-electron chi connectivity index (χ1n) is 12.3. The van der Waals surface area contributed by atoms with E-state index in [2.05, 4.69) is 33.3 Å². The molecule has 1 N–H and O–H groups in total. The van der Waals surface area contributed by atoms with E-state index in [4.69, 9.17) is 4.74 Å². The lowest BCUT2D eigenvalue weighted by Gasteiger charge is -2.16. The predicted octanol–water partition coefficient (Wildman–Crippen LogP) is 4.82. The van der Waals surface area contributed by atoms with Crippen LogP contribution in [0.5, 0.6) is 11.5 Å². The molecule has 0 radical (unpaired) electrons. The highest BCUT2D eigenvalue weighted by molar-refractivity contribution is 5.96. The molecular weight excluding hydrogens is 438 g/mol. The largest absolute Gasteiger partial charge is 0.457 e. The van der Waals surface area contributed by atoms with Crippen LogP contribution in [0.3, 0.4) is 0 Å². The Morgan fingerprint density at radius 3 is 2.71 bits per heavy atom. The Labute approximate surface area is 205 Å². The van der Waals surface area contributed by atoms with Gasteiger partial charge >= 0.3 is 0 Å². The van der Waals surface area contributed by atoms with Crippen LogP contribution in [0.25, 0.3) is 22.2 Å². The molecule has 2 aromatic carbocycles. The summed E-state index contributed by atoms with van der Waals surface area (Å²) in [5, 5.41) is 8.45. The molecule has 0 aliphatic carbocycles. The Morgan fingerprint density at radius 1 is 1.06 bits per heavy atom. The molecule has 1 aliphatic heterocycles. The first-order chi connectivity index (χ1) is 17.1. The molecule has 0 spiro atoms. The average Bonchev–Trinajstić information content (AvgIpc) is 3.53. The highest BCUT2D eigenvalue weighted by Crippen LogP contribution is 2.29. The van der Waals surface area contributed by atoms with E-state index < -0.39 is 0 Å². The van der Waals surface area contributed by atoms with Crippen LogP contribution in [-0.4, -0.2) is 51.8 Å². The summed E-state index contributed by atoms with van der Waals surface area (Å²) < 4.78 is 7.96. The number of carbonyl (C=O) groups is 1. The summed E-state index contributed by atoms with van der Waals surface area (Å²) >= 11 is 0. The number of hydrogen-bond acceptors (Lipinski definition) is 5. The molecule has 7 heteroatoms. The van der Waals surface area contributed by atoms with Crippen molar-refractivity contribution >= 4 is 16.8 Å². The number of carbonyl (C=O) groups excluding carboxylic acids is 1. The number of likely N-dealkylation sites (tertiary alicyclic amines) is 1. The van der Waals surface area contributed by atoms with Gasteiger partial charge in [-0.2, -0.15) is 5.10 Å². The molecule has 1 amide bonds. The Kier molecular flexibility index (Phi) is 6.77. The van der Waals surface area contributed by atoms with Crippen molar-refractivity contribution in [1.29, 1.82) is 0 Å². The summed E-state index contributed by atoms with van der Waals surface area (Å²) in [5.41, 5.74) is 4.52. The van der Waals surface area contributed by atoms with E-state index >= 15 is 0 Å². The zero-order valence-corrected chi connectivity index (χ0v) is 20.3. The van der Waals surface area contributed by atoms with Crippen LogP contribution in [0.4, 0.5) is 0 Å². The second-order valence-corrected chi connectivity index (χ2v) is 9.00. The van der Waals surface area contributed by atoms with Crippen LogP contribution >= 0.6 is 0 Å². The summed E-state index contributed by atoms with van der Waals surface area (Å²) in [7, 11) is 1.92. The second-order valence-electron chi connectivity index (χ2n) is 9.00. The Bertz CT molecular complexity index is 1340. The van der Waals surface area contributed by atoms with Crippen molar-refractivity contribution in [2.45, 2.75) is 26.2 Å². The number of aryl methyl sites for hydroxylation is 2. The summed E-state index contributed by atoms with van der Waals surface area (Å²) in [6.07, 6.45) is 6.87. The molecule has 3 heterocycles. The van der Waals surface area contributed by atoms with Gasteiger partial charge in [-0.3, -0.25) is 14.5 Å². The molecule has 5 rings (SSSR count). The van der Waals surface area contributed by atoms with E-state index in [0.29, 0.717) is 12.3 Å². The molecule has 1 aliphatic rings. The van der Waals surface area contributed by atoms with Crippen LogP contribution in [0.2, 0.25) is 0 Å². The highest BCUT2D eigenvalue weighted by Gasteiger charge is 2.15. The Balaban J connectivity index is 1.30. The van der Waals surface area contributed by atoms with Gasteiger partial charge in [0.2, 0.25) is 0 Å². The number of ether oxygens (including phenoxy) is 1. The number of pyridine rings is 1. The molecule has 0 bridgehead atoms. The maximum Gasteiger partial charge on any atom is 0.251 e. The zero-order valence-electron chi connectivity index (χ0n) is 20.3. The van der Waals surface area contributed by atoms with E-state index in [-0.39, 0.29) is 5.91 Å². The van der Waals surface area contributed by atoms with Gasteiger partial charge in [0.05, 0.1) is 17.4 Å². The third-order valence-electron chi connectivity index (χ3n) is 6.63. The third-order valence-corrected chi connectivity index (χ3v) is 6.63. The number of hydrogen-bond donors (Lipinski definition) is 1. The molecule has 0 unspecified atom stereocenters. The molecule has 4 aromatic rings. The summed E-state index contributed by atoms with van der Waals surface area (Å²) in [5.74, 6) is 1.44. The van der Waals surface area contributed by atoms with Crippen molar-refractivity contribution in [2.75, 3.05) is 26.2 Å². The summed E-state index contributed by atoms with van der Waals surface area (Å²) in [6.45, 7) is 5.93. The fraction of sp³-hybridized carbons (Fsp3) is 0.321. The molecule has 7 nitrogen and oxygen atoms in total. The lowest BCUT2D eigenvalue weighted by Crippen LogP contribution is -2.33. The number of amides is 1. The second kappa shape index (κ2) is 10.3. The van der Waals surface area contributed by atoms with Gasteiger partial charge < -0.3 is 15.0 Å². The van der Waals surface area contributed by atoms with Crippen LogP contribution in [0, 0.1) is 0 Å². The quantitative estimate of drug-likeness (QED) is 0.401. The van der Waals surface area contributed by atoms with E-state index in [1.54, 1.807) is 6.20 Å². The Hall–Kier alpha value is -3.71. The van der Waals surface area contributed by atoms with Gasteiger partial charge in [-0.1, -0.05) is 13.0 Å². The Morgan fingerprint density at radius 2 is 1.89 bits per heavy atom. The van der Waals surface area contributed by atoms with Gasteiger partial charge in [-0.15, -0.1) is 0 Å². The molecule has 1 saturated heterocycles. The summed E-state index contributed by atoms with van der Waals surface area (Å²) in [4.78, 5) is 19.8. The predicted molar refractivity (Wildman–Crippen MR) is 138 cm³/mol. The fourth-order valence-electron chi connectivity index (χ4n) is 4.65. The maximum atomic E-state index is 12.8. The van der Waals surface area contributed by atoms with Gasteiger partial charge in [0.15, 0.2) is 0 Å². The molecule has 180 valence electrons. The van der Waals surface area contributed by atoms with Crippen molar-refractivity contribution in [3.05, 3.63) is 72.1 Å². The van der Waals surface area contributed by atoms with Gasteiger partial charge in [0.1, 0.15) is 11.5 Å². The van der Waals surface area contributed by atoms with Crippen molar-refractivity contribution in [2.24, 2.45) is 7.05 Å². The lowest BCUT2D eigenvalue weighted by atomic mass is 9.99. The average molecular weight is 470 g/mol. The number of benzene rings is 2. The maximum absolute atomic E-state index is 12.8. The first kappa shape index (κ1) is 23.1. The zero-order chi connectivity index (χ0) is 24.2. The summed E-state index contributed by atoms with van der Waals surface area (Å²) in [6, 6.07) is 15.6. The molecule has 1 fully saturated rings. The number of fused-ring (bicyclic) bond motifs is 1. The number of rotatable bonds is 8. The standard InChI is InChI=1S/C28H31N5O2/c1-3-20-16-21(7-9-25(20)28(34)30-12-15-33-13-4-5-14-33)26-17-24(10-11-29-26)35-23-8-6-22-19-31-32(2)27(22)18-23/h6-11,16-19H,3-5,12-15H2,1-2H3,(H,30,34). The molecule has 35 heavy (non-hydrogen) atoms. The van der Waals surface area contributed by atoms with Crippen LogP contribution < -0.4 is 10.1 Å². The minimum atomic E-state index is -0.0109. The molecular formula is C28H31N5O2. The van der Waals surface area contributed by atoms with Gasteiger partial charge in [0.25, 0.3) is 5.91 Å².